The van der Waals surface area contributed by atoms with Gasteiger partial charge in [-0.15, -0.1) is 0 Å². The number of rotatable bonds is 6. The summed E-state index contributed by atoms with van der Waals surface area (Å²) in [5.74, 6) is 0.111. The molecule has 2 heterocycles. The Bertz CT molecular complexity index is 812. The summed E-state index contributed by atoms with van der Waals surface area (Å²) in [7, 11) is 0. The van der Waals surface area contributed by atoms with E-state index in [4.69, 9.17) is 4.42 Å². The number of carbonyl (C=O) groups excluding carboxylic acids is 2. The van der Waals surface area contributed by atoms with E-state index in [2.05, 4.69) is 10.1 Å². The Labute approximate surface area is 161 Å². The highest BCUT2D eigenvalue weighted by molar-refractivity contribution is 5.93. The van der Waals surface area contributed by atoms with Crippen molar-refractivity contribution in [3.05, 3.63) is 53.5 Å². The summed E-state index contributed by atoms with van der Waals surface area (Å²) in [5.41, 5.74) is 1.52. The second-order valence-electron chi connectivity index (χ2n) is 6.76. The Morgan fingerprint density at radius 1 is 1.21 bits per heavy atom. The molecular weight excluding hydrogens is 370 g/mol. The molecule has 0 spiro atoms. The Hall–Kier alpha value is -2.90. The fraction of sp³-hybridized carbons (Fsp3) is 0.400. The molecule has 0 atom stereocenters. The molecule has 150 valence electrons. The van der Waals surface area contributed by atoms with Gasteiger partial charge in [0, 0.05) is 24.7 Å². The predicted molar refractivity (Wildman–Crippen MR) is 97.3 cm³/mol. The maximum absolute atomic E-state index is 12.5. The van der Waals surface area contributed by atoms with Crippen molar-refractivity contribution in [3.63, 3.8) is 0 Å². The number of benzene rings is 1. The lowest BCUT2D eigenvalue weighted by atomic mass is 10.0. The quantitative estimate of drug-likeness (QED) is 0.820. The number of hydrogen-bond donors (Lipinski definition) is 1. The normalized spacial score (nSPS) is 14.9. The van der Waals surface area contributed by atoms with Crippen LogP contribution in [0.4, 0.5) is 8.78 Å². The first-order chi connectivity index (χ1) is 13.4. The average molecular weight is 392 g/mol. The first kappa shape index (κ1) is 19.9. The Kier molecular flexibility index (Phi) is 6.28. The first-order valence-corrected chi connectivity index (χ1v) is 9.09. The monoisotopic (exact) mass is 392 g/mol. The van der Waals surface area contributed by atoms with E-state index in [-0.39, 0.29) is 30.0 Å². The maximum Gasteiger partial charge on any atom is 0.387 e. The molecule has 1 aliphatic rings. The van der Waals surface area contributed by atoms with Crippen molar-refractivity contribution < 1.29 is 27.5 Å². The number of aryl methyl sites for hydroxylation is 1. The molecular formula is C20H22F2N2O4. The zero-order valence-electron chi connectivity index (χ0n) is 15.5. The van der Waals surface area contributed by atoms with Crippen LogP contribution < -0.4 is 10.1 Å². The average Bonchev–Trinajstić information content (AvgIpc) is 3.09. The molecule has 28 heavy (non-hydrogen) atoms. The predicted octanol–water partition coefficient (Wildman–Crippen LogP) is 3.15. The van der Waals surface area contributed by atoms with Gasteiger partial charge in [-0.3, -0.25) is 9.59 Å². The number of amides is 2. The molecule has 1 saturated heterocycles. The van der Waals surface area contributed by atoms with Crippen molar-refractivity contribution in [2.24, 2.45) is 0 Å². The molecule has 0 saturated carbocycles. The number of piperidine rings is 1. The fourth-order valence-electron chi connectivity index (χ4n) is 3.20. The molecule has 1 aliphatic heterocycles. The summed E-state index contributed by atoms with van der Waals surface area (Å²) < 4.78 is 33.8. The van der Waals surface area contributed by atoms with Gasteiger partial charge in [-0.1, -0.05) is 12.1 Å². The van der Waals surface area contributed by atoms with Gasteiger partial charge >= 0.3 is 6.61 Å². The molecule has 2 aromatic rings. The van der Waals surface area contributed by atoms with E-state index < -0.39 is 6.61 Å². The maximum atomic E-state index is 12.5. The Morgan fingerprint density at radius 3 is 2.46 bits per heavy atom. The second kappa shape index (κ2) is 8.86. The molecule has 1 aromatic carbocycles. The standard InChI is InChI=1S/C20H22F2N2O4/c1-13-8-11-27-18(13)19(26)23-15-6-9-24(10-7-15)17(25)12-14-2-4-16(5-3-14)28-20(21)22/h2-5,8,11,15,20H,6-7,9-10,12H2,1H3,(H,23,26). The van der Waals surface area contributed by atoms with Gasteiger partial charge in [0.05, 0.1) is 12.7 Å². The molecule has 1 fully saturated rings. The minimum atomic E-state index is -2.87. The second-order valence-corrected chi connectivity index (χ2v) is 6.76. The summed E-state index contributed by atoms with van der Waals surface area (Å²) in [4.78, 5) is 26.4. The van der Waals surface area contributed by atoms with Crippen LogP contribution in [0.3, 0.4) is 0 Å². The van der Waals surface area contributed by atoms with E-state index in [0.29, 0.717) is 31.7 Å². The first-order valence-electron chi connectivity index (χ1n) is 9.09. The largest absolute Gasteiger partial charge is 0.459 e. The van der Waals surface area contributed by atoms with Crippen LogP contribution in [0.5, 0.6) is 5.75 Å². The molecule has 0 aliphatic carbocycles. The van der Waals surface area contributed by atoms with Crippen LogP contribution >= 0.6 is 0 Å². The molecule has 0 bridgehead atoms. The van der Waals surface area contributed by atoms with Crippen molar-refractivity contribution in [2.75, 3.05) is 13.1 Å². The lowest BCUT2D eigenvalue weighted by Crippen LogP contribution is -2.47. The summed E-state index contributed by atoms with van der Waals surface area (Å²) in [6.45, 7) is 0.0401. The third-order valence-corrected chi connectivity index (χ3v) is 4.76. The number of alkyl halides is 2. The molecule has 3 rings (SSSR count). The van der Waals surface area contributed by atoms with Crippen molar-refractivity contribution in [1.29, 1.82) is 0 Å². The highest BCUT2D eigenvalue weighted by atomic mass is 19.3. The van der Waals surface area contributed by atoms with Gasteiger partial charge < -0.3 is 19.4 Å². The third kappa shape index (κ3) is 5.09. The van der Waals surface area contributed by atoms with Gasteiger partial charge in [-0.05, 0) is 43.5 Å². The van der Waals surface area contributed by atoms with Crippen LogP contribution in [0.1, 0.15) is 34.5 Å². The van der Waals surface area contributed by atoms with Crippen LogP contribution in [0.2, 0.25) is 0 Å². The van der Waals surface area contributed by atoms with Crippen molar-refractivity contribution >= 4 is 11.8 Å². The van der Waals surface area contributed by atoms with Crippen molar-refractivity contribution in [3.8, 4) is 5.75 Å². The third-order valence-electron chi connectivity index (χ3n) is 4.76. The van der Waals surface area contributed by atoms with E-state index >= 15 is 0 Å². The molecule has 6 nitrogen and oxygen atoms in total. The highest BCUT2D eigenvalue weighted by Crippen LogP contribution is 2.17. The van der Waals surface area contributed by atoms with Crippen molar-refractivity contribution in [2.45, 2.75) is 38.8 Å². The SMILES string of the molecule is Cc1ccoc1C(=O)NC1CCN(C(=O)Cc2ccc(OC(F)F)cc2)CC1. The lowest BCUT2D eigenvalue weighted by molar-refractivity contribution is -0.131. The van der Waals surface area contributed by atoms with Crippen LogP contribution in [0, 0.1) is 6.92 Å². The smallest absolute Gasteiger partial charge is 0.387 e. The number of carbonyl (C=O) groups is 2. The van der Waals surface area contributed by atoms with Crippen LogP contribution in [0.25, 0.3) is 0 Å². The van der Waals surface area contributed by atoms with Gasteiger partial charge in [0.15, 0.2) is 5.76 Å². The van der Waals surface area contributed by atoms with Gasteiger partial charge in [0.1, 0.15) is 5.75 Å². The number of nitrogens with zero attached hydrogens (tertiary/aromatic N) is 1. The molecule has 1 N–H and O–H groups in total. The van der Waals surface area contributed by atoms with Crippen LogP contribution in [0.15, 0.2) is 41.0 Å². The number of likely N-dealkylation sites (tertiary alicyclic amines) is 1. The van der Waals surface area contributed by atoms with Gasteiger partial charge in [-0.25, -0.2) is 0 Å². The number of ether oxygens (including phenoxy) is 1. The molecule has 0 unspecified atom stereocenters. The van der Waals surface area contributed by atoms with E-state index in [1.54, 1.807) is 23.1 Å². The molecule has 2 amide bonds. The van der Waals surface area contributed by atoms with Crippen molar-refractivity contribution in [1.82, 2.24) is 10.2 Å². The number of hydrogen-bond acceptors (Lipinski definition) is 4. The molecule has 8 heteroatoms. The zero-order chi connectivity index (χ0) is 20.1. The van der Waals surface area contributed by atoms with Gasteiger partial charge in [-0.2, -0.15) is 8.78 Å². The van der Waals surface area contributed by atoms with Gasteiger partial charge in [0.25, 0.3) is 5.91 Å². The number of nitrogens with one attached hydrogen (secondary N) is 1. The van der Waals surface area contributed by atoms with E-state index in [9.17, 15) is 18.4 Å². The highest BCUT2D eigenvalue weighted by Gasteiger charge is 2.25. The Morgan fingerprint density at radius 2 is 1.89 bits per heavy atom. The van der Waals surface area contributed by atoms with E-state index in [1.807, 2.05) is 6.92 Å². The molecule has 1 aromatic heterocycles. The number of furan rings is 1. The Balaban J connectivity index is 1.46. The minimum Gasteiger partial charge on any atom is -0.459 e. The van der Waals surface area contributed by atoms with Gasteiger partial charge in [0.2, 0.25) is 5.91 Å². The summed E-state index contributed by atoms with van der Waals surface area (Å²) >= 11 is 0. The van der Waals surface area contributed by atoms with E-state index in [0.717, 1.165) is 11.1 Å². The topological polar surface area (TPSA) is 71.8 Å². The zero-order valence-corrected chi connectivity index (χ0v) is 15.5. The summed E-state index contributed by atoms with van der Waals surface area (Å²) in [6, 6.07) is 7.79. The summed E-state index contributed by atoms with van der Waals surface area (Å²) in [6.07, 6.45) is 3.01. The van der Waals surface area contributed by atoms with E-state index in [1.165, 1.54) is 18.4 Å². The number of halogens is 2. The summed E-state index contributed by atoms with van der Waals surface area (Å²) in [5, 5.41) is 2.95. The van der Waals surface area contributed by atoms with Crippen LogP contribution in [-0.4, -0.2) is 42.5 Å². The molecule has 0 radical (unpaired) electrons. The fourth-order valence-corrected chi connectivity index (χ4v) is 3.20. The lowest BCUT2D eigenvalue weighted by Gasteiger charge is -2.32. The van der Waals surface area contributed by atoms with Crippen LogP contribution in [-0.2, 0) is 11.2 Å². The minimum absolute atomic E-state index is 0.00757.